The van der Waals surface area contributed by atoms with Crippen LogP contribution in [0.1, 0.15) is 41.7 Å². The van der Waals surface area contributed by atoms with Gasteiger partial charge in [-0.15, -0.1) is 0 Å². The zero-order chi connectivity index (χ0) is 23.8. The van der Waals surface area contributed by atoms with E-state index in [1.165, 1.54) is 0 Å². The van der Waals surface area contributed by atoms with Crippen LogP contribution in [0.15, 0.2) is 54.6 Å². The number of likely N-dealkylation sites (N-methyl/N-ethyl adjacent to an activating group) is 1. The van der Waals surface area contributed by atoms with Gasteiger partial charge in [-0.1, -0.05) is 30.3 Å². The molecule has 3 rings (SSSR count). The van der Waals surface area contributed by atoms with Gasteiger partial charge in [0.2, 0.25) is 5.91 Å². The quantitative estimate of drug-likeness (QED) is 0.632. The Morgan fingerprint density at radius 2 is 1.67 bits per heavy atom. The van der Waals surface area contributed by atoms with Gasteiger partial charge in [-0.05, 0) is 56.6 Å². The molecule has 1 aliphatic heterocycles. The maximum atomic E-state index is 13.5. The summed E-state index contributed by atoms with van der Waals surface area (Å²) in [6.45, 7) is 4.18. The Bertz CT molecular complexity index is 909. The molecule has 33 heavy (non-hydrogen) atoms. The van der Waals surface area contributed by atoms with Gasteiger partial charge in [0.15, 0.2) is 0 Å². The SMILES string of the molecule is C[C@H](NC(=O)C1(N(C)CCOc2ccccc2)CCOCC1)c1ccc(C(=O)N(C)C)cc1. The van der Waals surface area contributed by atoms with Crippen LogP contribution in [0.25, 0.3) is 0 Å². The normalized spacial score (nSPS) is 16.2. The van der Waals surface area contributed by atoms with E-state index in [1.807, 2.05) is 56.4 Å². The van der Waals surface area contributed by atoms with Crippen molar-refractivity contribution in [1.82, 2.24) is 15.1 Å². The van der Waals surface area contributed by atoms with Gasteiger partial charge < -0.3 is 19.7 Å². The molecule has 0 aliphatic carbocycles. The van der Waals surface area contributed by atoms with Crippen molar-refractivity contribution in [1.29, 1.82) is 0 Å². The summed E-state index contributed by atoms with van der Waals surface area (Å²) < 4.78 is 11.4. The van der Waals surface area contributed by atoms with Crippen LogP contribution < -0.4 is 10.1 Å². The lowest BCUT2D eigenvalue weighted by molar-refractivity contribution is -0.140. The number of ether oxygens (including phenoxy) is 2. The predicted molar refractivity (Wildman–Crippen MR) is 128 cm³/mol. The molecule has 7 nitrogen and oxygen atoms in total. The fraction of sp³-hybridized carbons (Fsp3) is 0.462. The van der Waals surface area contributed by atoms with Crippen LogP contribution in [-0.2, 0) is 9.53 Å². The molecule has 0 saturated carbocycles. The smallest absolute Gasteiger partial charge is 0.253 e. The molecule has 0 unspecified atom stereocenters. The number of hydrogen-bond acceptors (Lipinski definition) is 5. The summed E-state index contributed by atoms with van der Waals surface area (Å²) in [5.41, 5.74) is 0.935. The standard InChI is InChI=1S/C26H35N3O4/c1-20(21-10-12-22(13-11-21)24(30)28(2)3)27-25(31)26(14-17-32-18-15-26)29(4)16-19-33-23-8-6-5-7-9-23/h5-13,20H,14-19H2,1-4H3,(H,27,31)/t20-/m0/s1. The Labute approximate surface area is 196 Å². The largest absolute Gasteiger partial charge is 0.492 e. The number of hydrogen-bond donors (Lipinski definition) is 1. The first-order valence-corrected chi connectivity index (χ1v) is 11.4. The van der Waals surface area contributed by atoms with Gasteiger partial charge in [-0.25, -0.2) is 0 Å². The average molecular weight is 454 g/mol. The molecule has 2 aromatic carbocycles. The molecule has 1 atom stereocenters. The molecule has 1 aliphatic rings. The molecule has 2 aromatic rings. The summed E-state index contributed by atoms with van der Waals surface area (Å²) >= 11 is 0. The van der Waals surface area contributed by atoms with E-state index in [2.05, 4.69) is 10.2 Å². The molecule has 0 bridgehead atoms. The lowest BCUT2D eigenvalue weighted by Gasteiger charge is -2.43. The van der Waals surface area contributed by atoms with Crippen LogP contribution in [0, 0.1) is 0 Å². The van der Waals surface area contributed by atoms with Crippen molar-refractivity contribution in [2.45, 2.75) is 31.3 Å². The van der Waals surface area contributed by atoms with Crippen molar-refractivity contribution in [3.8, 4) is 5.75 Å². The third-order valence-electron chi connectivity index (χ3n) is 6.32. The highest BCUT2D eigenvalue weighted by atomic mass is 16.5. The molecule has 178 valence electrons. The minimum absolute atomic E-state index is 0.00560. The van der Waals surface area contributed by atoms with Gasteiger partial charge in [0, 0.05) is 39.4 Å². The molecule has 0 radical (unpaired) electrons. The molecule has 7 heteroatoms. The van der Waals surface area contributed by atoms with E-state index >= 15 is 0 Å². The molecule has 0 spiro atoms. The number of amides is 2. The minimum atomic E-state index is -0.645. The highest BCUT2D eigenvalue weighted by molar-refractivity contribution is 5.94. The van der Waals surface area contributed by atoms with Crippen molar-refractivity contribution in [2.75, 3.05) is 47.5 Å². The molecule has 0 aromatic heterocycles. The number of nitrogens with one attached hydrogen (secondary N) is 1. The molecular formula is C26H35N3O4. The van der Waals surface area contributed by atoms with Crippen LogP contribution in [0.5, 0.6) is 5.75 Å². The predicted octanol–water partition coefficient (Wildman–Crippen LogP) is 3.13. The van der Waals surface area contributed by atoms with Crippen molar-refractivity contribution in [3.05, 3.63) is 65.7 Å². The second kappa shape index (κ2) is 11.3. The van der Waals surface area contributed by atoms with Crippen LogP contribution in [0.3, 0.4) is 0 Å². The van der Waals surface area contributed by atoms with Gasteiger partial charge in [0.25, 0.3) is 5.91 Å². The molecule has 1 N–H and O–H groups in total. The maximum absolute atomic E-state index is 13.5. The zero-order valence-corrected chi connectivity index (χ0v) is 20.0. The van der Waals surface area contributed by atoms with Gasteiger partial charge >= 0.3 is 0 Å². The van der Waals surface area contributed by atoms with E-state index in [0.29, 0.717) is 44.8 Å². The van der Waals surface area contributed by atoms with Gasteiger partial charge in [-0.3, -0.25) is 14.5 Å². The van der Waals surface area contributed by atoms with Crippen molar-refractivity contribution in [2.24, 2.45) is 0 Å². The third-order valence-corrected chi connectivity index (χ3v) is 6.32. The summed E-state index contributed by atoms with van der Waals surface area (Å²) in [5.74, 6) is 0.772. The van der Waals surface area contributed by atoms with Crippen LogP contribution in [0.4, 0.5) is 0 Å². The third kappa shape index (κ3) is 6.12. The van der Waals surface area contributed by atoms with Gasteiger partial charge in [0.1, 0.15) is 17.9 Å². The van der Waals surface area contributed by atoms with Crippen LogP contribution in [-0.4, -0.2) is 74.7 Å². The van der Waals surface area contributed by atoms with E-state index in [0.717, 1.165) is 11.3 Å². The Balaban J connectivity index is 1.64. The second-order valence-corrected chi connectivity index (χ2v) is 8.74. The van der Waals surface area contributed by atoms with Gasteiger partial charge in [-0.2, -0.15) is 0 Å². The van der Waals surface area contributed by atoms with Crippen molar-refractivity contribution >= 4 is 11.8 Å². The van der Waals surface area contributed by atoms with E-state index in [-0.39, 0.29) is 17.9 Å². The monoisotopic (exact) mass is 453 g/mol. The second-order valence-electron chi connectivity index (χ2n) is 8.74. The summed E-state index contributed by atoms with van der Waals surface area (Å²) in [5, 5.41) is 3.19. The van der Waals surface area contributed by atoms with Crippen molar-refractivity contribution in [3.63, 3.8) is 0 Å². The fourth-order valence-corrected chi connectivity index (χ4v) is 4.11. The highest BCUT2D eigenvalue weighted by Crippen LogP contribution is 2.28. The molecule has 1 heterocycles. The van der Waals surface area contributed by atoms with E-state index in [4.69, 9.17) is 9.47 Å². The minimum Gasteiger partial charge on any atom is -0.492 e. The Hall–Kier alpha value is -2.90. The van der Waals surface area contributed by atoms with E-state index in [1.54, 1.807) is 31.1 Å². The van der Waals surface area contributed by atoms with Crippen molar-refractivity contribution < 1.29 is 19.1 Å². The number of carbonyl (C=O) groups is 2. The molecule has 1 saturated heterocycles. The van der Waals surface area contributed by atoms with Gasteiger partial charge in [0.05, 0.1) is 6.04 Å². The number of benzene rings is 2. The molecule has 1 fully saturated rings. The summed E-state index contributed by atoms with van der Waals surface area (Å²) in [6.07, 6.45) is 1.26. The lowest BCUT2D eigenvalue weighted by atomic mass is 9.86. The number of para-hydroxylation sites is 1. The maximum Gasteiger partial charge on any atom is 0.253 e. The van der Waals surface area contributed by atoms with Crippen LogP contribution >= 0.6 is 0 Å². The zero-order valence-electron chi connectivity index (χ0n) is 20.0. The average Bonchev–Trinajstić information content (AvgIpc) is 2.84. The highest BCUT2D eigenvalue weighted by Gasteiger charge is 2.44. The van der Waals surface area contributed by atoms with E-state index in [9.17, 15) is 9.59 Å². The summed E-state index contributed by atoms with van der Waals surface area (Å²) in [4.78, 5) is 29.3. The number of carbonyl (C=O) groups excluding carboxylic acids is 2. The summed E-state index contributed by atoms with van der Waals surface area (Å²) in [7, 11) is 5.44. The Morgan fingerprint density at radius 1 is 1.03 bits per heavy atom. The first-order valence-electron chi connectivity index (χ1n) is 11.4. The topological polar surface area (TPSA) is 71.1 Å². The first kappa shape index (κ1) is 24.7. The number of nitrogens with zero attached hydrogens (tertiary/aromatic N) is 2. The molecule has 2 amide bonds. The van der Waals surface area contributed by atoms with Crippen LogP contribution in [0.2, 0.25) is 0 Å². The summed E-state index contributed by atoms with van der Waals surface area (Å²) in [6, 6.07) is 16.9. The number of rotatable bonds is 9. The molecular weight excluding hydrogens is 418 g/mol. The fourth-order valence-electron chi connectivity index (χ4n) is 4.11. The van der Waals surface area contributed by atoms with E-state index < -0.39 is 5.54 Å². The first-order chi connectivity index (χ1) is 15.8. The Kier molecular flexibility index (Phi) is 8.47. The lowest BCUT2D eigenvalue weighted by Crippen LogP contribution is -2.61. The Morgan fingerprint density at radius 3 is 2.27 bits per heavy atom.